The van der Waals surface area contributed by atoms with Gasteiger partial charge in [-0.15, -0.1) is 0 Å². The van der Waals surface area contributed by atoms with Gasteiger partial charge in [-0.05, 0) is 66.2 Å². The van der Waals surface area contributed by atoms with Crippen LogP contribution in [0.1, 0.15) is 26.3 Å². The van der Waals surface area contributed by atoms with Crippen LogP contribution < -0.4 is 25.0 Å². The third-order valence-corrected chi connectivity index (χ3v) is 5.44. The van der Waals surface area contributed by atoms with E-state index in [4.69, 9.17) is 37.4 Å². The van der Waals surface area contributed by atoms with Crippen molar-refractivity contribution in [3.05, 3.63) is 87.4 Å². The van der Waals surface area contributed by atoms with E-state index >= 15 is 0 Å². The van der Waals surface area contributed by atoms with Gasteiger partial charge in [0.2, 0.25) is 0 Å². The predicted octanol–water partition coefficient (Wildman–Crippen LogP) is 4.11. The van der Waals surface area contributed by atoms with E-state index in [1.807, 2.05) is 0 Å². The van der Waals surface area contributed by atoms with Gasteiger partial charge in [-0.3, -0.25) is 9.59 Å². The normalized spacial score (nSPS) is 10.6. The van der Waals surface area contributed by atoms with Crippen molar-refractivity contribution in [2.24, 2.45) is 5.10 Å². The molecule has 0 heterocycles. The Hall–Kier alpha value is -4.08. The minimum Gasteiger partial charge on any atom is -0.493 e. The van der Waals surface area contributed by atoms with Crippen molar-refractivity contribution >= 4 is 47.2 Å². The van der Waals surface area contributed by atoms with E-state index in [1.54, 1.807) is 36.4 Å². The van der Waals surface area contributed by atoms with Gasteiger partial charge in [-0.25, -0.2) is 10.2 Å². The molecule has 0 saturated carbocycles. The summed E-state index contributed by atoms with van der Waals surface area (Å²) < 4.78 is 15.7. The number of benzene rings is 3. The lowest BCUT2D eigenvalue weighted by Gasteiger charge is -2.09. The summed E-state index contributed by atoms with van der Waals surface area (Å²) in [5.41, 5.74) is 3.52. The lowest BCUT2D eigenvalue weighted by molar-refractivity contribution is -0.120. The summed E-state index contributed by atoms with van der Waals surface area (Å²) in [6.45, 7) is -0.290. The van der Waals surface area contributed by atoms with Crippen LogP contribution in [0.2, 0.25) is 10.0 Å². The number of carbonyl (C=O) groups is 3. The second-order valence-electron chi connectivity index (χ2n) is 7.13. The highest BCUT2D eigenvalue weighted by atomic mass is 35.5. The summed E-state index contributed by atoms with van der Waals surface area (Å²) in [4.78, 5) is 36.4. The minimum absolute atomic E-state index is 0.236. The Balaban J connectivity index is 1.48. The number of hydrazone groups is 1. The third-order valence-electron chi connectivity index (χ3n) is 4.70. The van der Waals surface area contributed by atoms with E-state index in [2.05, 4.69) is 15.8 Å². The summed E-state index contributed by atoms with van der Waals surface area (Å²) in [6.07, 6.45) is 1.40. The number of amides is 2. The van der Waals surface area contributed by atoms with Crippen LogP contribution in [-0.4, -0.2) is 44.8 Å². The smallest absolute Gasteiger partial charge is 0.343 e. The molecule has 0 fully saturated rings. The van der Waals surface area contributed by atoms with Gasteiger partial charge in [0, 0.05) is 5.56 Å². The molecule has 0 aliphatic heterocycles. The first-order valence-corrected chi connectivity index (χ1v) is 11.2. The molecule has 36 heavy (non-hydrogen) atoms. The second kappa shape index (κ2) is 12.6. The molecule has 3 aromatic carbocycles. The number of esters is 1. The zero-order valence-electron chi connectivity index (χ0n) is 19.2. The maximum atomic E-state index is 12.4. The first-order valence-electron chi connectivity index (χ1n) is 10.4. The molecule has 0 aliphatic rings. The van der Waals surface area contributed by atoms with Crippen LogP contribution in [0.4, 0.5) is 0 Å². The molecule has 3 aromatic rings. The Morgan fingerprint density at radius 3 is 2.22 bits per heavy atom. The van der Waals surface area contributed by atoms with Gasteiger partial charge >= 0.3 is 5.97 Å². The lowest BCUT2D eigenvalue weighted by Crippen LogP contribution is -2.34. The topological polar surface area (TPSA) is 115 Å². The first-order chi connectivity index (χ1) is 17.3. The van der Waals surface area contributed by atoms with Crippen LogP contribution in [0, 0.1) is 0 Å². The van der Waals surface area contributed by atoms with Gasteiger partial charge in [0.15, 0.2) is 11.5 Å². The average molecular weight is 530 g/mol. The molecule has 0 atom stereocenters. The molecule has 0 saturated heterocycles. The van der Waals surface area contributed by atoms with Crippen LogP contribution in [0.25, 0.3) is 0 Å². The zero-order chi connectivity index (χ0) is 26.1. The van der Waals surface area contributed by atoms with Crippen molar-refractivity contribution in [3.63, 3.8) is 0 Å². The quantitative estimate of drug-likeness (QED) is 0.186. The van der Waals surface area contributed by atoms with E-state index in [0.29, 0.717) is 33.4 Å². The van der Waals surface area contributed by atoms with Crippen molar-refractivity contribution in [1.82, 2.24) is 10.7 Å². The number of ether oxygens (including phenoxy) is 3. The van der Waals surface area contributed by atoms with Crippen molar-refractivity contribution < 1.29 is 28.6 Å². The number of nitrogens with zero attached hydrogens (tertiary/aromatic N) is 1. The van der Waals surface area contributed by atoms with E-state index in [-0.39, 0.29) is 17.1 Å². The highest BCUT2D eigenvalue weighted by Crippen LogP contribution is 2.28. The Bertz CT molecular complexity index is 1300. The molecule has 0 radical (unpaired) electrons. The van der Waals surface area contributed by atoms with Crippen molar-refractivity contribution in [3.8, 4) is 17.2 Å². The van der Waals surface area contributed by atoms with Crippen molar-refractivity contribution in [2.45, 2.75) is 0 Å². The number of hydrogen-bond acceptors (Lipinski definition) is 7. The van der Waals surface area contributed by atoms with Gasteiger partial charge in [-0.1, -0.05) is 23.2 Å². The van der Waals surface area contributed by atoms with E-state index in [9.17, 15) is 14.4 Å². The molecular weight excluding hydrogens is 509 g/mol. The molecule has 3 rings (SSSR count). The van der Waals surface area contributed by atoms with E-state index in [1.165, 1.54) is 44.7 Å². The summed E-state index contributed by atoms with van der Waals surface area (Å²) in [7, 11) is 2.98. The Kier molecular flexibility index (Phi) is 9.26. The van der Waals surface area contributed by atoms with Crippen molar-refractivity contribution in [1.29, 1.82) is 0 Å². The number of methoxy groups -OCH3 is 2. The lowest BCUT2D eigenvalue weighted by atomic mass is 10.2. The monoisotopic (exact) mass is 529 g/mol. The van der Waals surface area contributed by atoms with Crippen molar-refractivity contribution in [2.75, 3.05) is 20.8 Å². The van der Waals surface area contributed by atoms with Crippen LogP contribution in [0.15, 0.2) is 65.8 Å². The van der Waals surface area contributed by atoms with Gasteiger partial charge in [0.05, 0.1) is 42.6 Å². The SMILES string of the molecule is COc1ccc(C(=O)Oc2ccc(C=NNC(=O)CNC(=O)c3ccc(Cl)c(Cl)c3)cc2)cc1OC. The molecule has 0 aromatic heterocycles. The number of carbonyl (C=O) groups excluding carboxylic acids is 3. The summed E-state index contributed by atoms with van der Waals surface area (Å²) in [5, 5.41) is 6.86. The minimum atomic E-state index is -0.562. The fourth-order valence-corrected chi connectivity index (χ4v) is 3.17. The van der Waals surface area contributed by atoms with E-state index in [0.717, 1.165) is 0 Å². The first kappa shape index (κ1) is 26.5. The molecule has 0 aliphatic carbocycles. The molecule has 11 heteroatoms. The van der Waals surface area contributed by atoms with Crippen LogP contribution in [0.5, 0.6) is 17.2 Å². The fraction of sp³-hybridized carbons (Fsp3) is 0.120. The summed E-state index contributed by atoms with van der Waals surface area (Å²) in [6, 6.07) is 15.6. The Morgan fingerprint density at radius 2 is 1.56 bits per heavy atom. The van der Waals surface area contributed by atoms with Crippen LogP contribution in [-0.2, 0) is 4.79 Å². The average Bonchev–Trinajstić information content (AvgIpc) is 2.89. The number of rotatable bonds is 9. The zero-order valence-corrected chi connectivity index (χ0v) is 20.7. The van der Waals surface area contributed by atoms with Gasteiger partial charge in [-0.2, -0.15) is 5.10 Å². The largest absolute Gasteiger partial charge is 0.493 e. The Morgan fingerprint density at radius 1 is 0.861 bits per heavy atom. The highest BCUT2D eigenvalue weighted by Gasteiger charge is 2.13. The van der Waals surface area contributed by atoms with Gasteiger partial charge < -0.3 is 19.5 Å². The standard InChI is InChI=1S/C25H21Cl2N3O6/c1-34-21-10-6-17(12-22(21)35-2)25(33)36-18-7-3-15(4-8-18)13-29-30-23(31)14-28-24(32)16-5-9-19(26)20(27)11-16/h3-13H,14H2,1-2H3,(H,28,32)(H,30,31). The van der Waals surface area contributed by atoms with Crippen LogP contribution in [0.3, 0.4) is 0 Å². The molecule has 186 valence electrons. The van der Waals surface area contributed by atoms with E-state index < -0.39 is 17.8 Å². The molecule has 2 N–H and O–H groups in total. The second-order valence-corrected chi connectivity index (χ2v) is 7.95. The fourth-order valence-electron chi connectivity index (χ4n) is 2.87. The molecule has 0 bridgehead atoms. The Labute approximate surface area is 216 Å². The number of nitrogens with one attached hydrogen (secondary N) is 2. The number of hydrogen-bond donors (Lipinski definition) is 2. The van der Waals surface area contributed by atoms with Gasteiger partial charge in [0.1, 0.15) is 5.75 Å². The maximum absolute atomic E-state index is 12.4. The summed E-state index contributed by atoms with van der Waals surface area (Å²) in [5.74, 6) is -0.340. The molecule has 2 amide bonds. The maximum Gasteiger partial charge on any atom is 0.343 e. The predicted molar refractivity (Wildman–Crippen MR) is 135 cm³/mol. The van der Waals surface area contributed by atoms with Crippen LogP contribution >= 0.6 is 23.2 Å². The number of halogens is 2. The molecular formula is C25H21Cl2N3O6. The summed E-state index contributed by atoms with van der Waals surface area (Å²) >= 11 is 11.7. The highest BCUT2D eigenvalue weighted by molar-refractivity contribution is 6.42. The molecule has 0 unspecified atom stereocenters. The third kappa shape index (κ3) is 7.21. The van der Waals surface area contributed by atoms with Gasteiger partial charge in [0.25, 0.3) is 11.8 Å². The molecule has 0 spiro atoms. The molecule has 9 nitrogen and oxygen atoms in total.